The lowest BCUT2D eigenvalue weighted by molar-refractivity contribution is -0.119. The number of rotatable bonds is 5. The predicted octanol–water partition coefficient (Wildman–Crippen LogP) is 2.09. The van der Waals surface area contributed by atoms with Crippen LogP contribution in [0.25, 0.3) is 0 Å². The van der Waals surface area contributed by atoms with Gasteiger partial charge in [0, 0.05) is 29.8 Å². The van der Waals surface area contributed by atoms with Crippen molar-refractivity contribution in [2.24, 2.45) is 11.7 Å². The molecule has 0 aliphatic heterocycles. The smallest absolute Gasteiger partial charge is 0.251 e. The van der Waals surface area contributed by atoms with Crippen LogP contribution in [0.2, 0.25) is 0 Å². The van der Waals surface area contributed by atoms with Crippen molar-refractivity contribution < 1.29 is 9.59 Å². The third kappa shape index (κ3) is 5.73. The van der Waals surface area contributed by atoms with E-state index in [4.69, 9.17) is 5.73 Å². The van der Waals surface area contributed by atoms with Crippen LogP contribution >= 0.6 is 12.4 Å². The zero-order valence-corrected chi connectivity index (χ0v) is 13.7. The molecule has 0 aliphatic rings. The molecule has 0 heterocycles. The summed E-state index contributed by atoms with van der Waals surface area (Å²) in [5.41, 5.74) is 7.60. The van der Waals surface area contributed by atoms with Crippen molar-refractivity contribution in [1.29, 1.82) is 0 Å². The van der Waals surface area contributed by atoms with Crippen molar-refractivity contribution in [3.8, 4) is 0 Å². The Bertz CT molecular complexity index is 504. The third-order valence-corrected chi connectivity index (χ3v) is 2.97. The van der Waals surface area contributed by atoms with E-state index in [1.54, 1.807) is 25.1 Å². The molecule has 0 aliphatic carbocycles. The maximum Gasteiger partial charge on any atom is 0.251 e. The van der Waals surface area contributed by atoms with Gasteiger partial charge in [0.05, 0.1) is 0 Å². The number of amides is 2. The van der Waals surface area contributed by atoms with Gasteiger partial charge in [0.25, 0.3) is 5.91 Å². The number of carbonyl (C=O) groups excluding carboxylic acids is 2. The van der Waals surface area contributed by atoms with Crippen LogP contribution in [-0.2, 0) is 4.79 Å². The zero-order chi connectivity index (χ0) is 15.3. The molecule has 0 radical (unpaired) electrons. The maximum absolute atomic E-state index is 11.9. The summed E-state index contributed by atoms with van der Waals surface area (Å²) in [6.07, 6.45) is 0. The van der Waals surface area contributed by atoms with E-state index >= 15 is 0 Å². The molecule has 5 nitrogen and oxygen atoms in total. The molecule has 6 heteroatoms. The predicted molar refractivity (Wildman–Crippen MR) is 87.9 cm³/mol. The summed E-state index contributed by atoms with van der Waals surface area (Å²) in [4.78, 5) is 23.7. The van der Waals surface area contributed by atoms with Gasteiger partial charge in [-0.3, -0.25) is 9.59 Å². The van der Waals surface area contributed by atoms with Crippen LogP contribution in [0.4, 0.5) is 5.69 Å². The van der Waals surface area contributed by atoms with Crippen molar-refractivity contribution in [3.05, 3.63) is 29.3 Å². The second-order valence-corrected chi connectivity index (χ2v) is 5.28. The Kier molecular flexibility index (Phi) is 7.99. The zero-order valence-electron chi connectivity index (χ0n) is 12.9. The van der Waals surface area contributed by atoms with Crippen molar-refractivity contribution in [3.63, 3.8) is 0 Å². The average Bonchev–Trinajstić information content (AvgIpc) is 2.39. The minimum absolute atomic E-state index is 0. The van der Waals surface area contributed by atoms with Gasteiger partial charge in [-0.1, -0.05) is 6.92 Å². The topological polar surface area (TPSA) is 84.2 Å². The minimum atomic E-state index is -0.238. The molecular weight excluding hydrogens is 290 g/mol. The molecule has 1 atom stereocenters. The summed E-state index contributed by atoms with van der Waals surface area (Å²) in [6, 6.07) is 5.30. The Labute approximate surface area is 132 Å². The van der Waals surface area contributed by atoms with Crippen molar-refractivity contribution in [2.45, 2.75) is 33.7 Å². The van der Waals surface area contributed by atoms with Gasteiger partial charge in [-0.25, -0.2) is 0 Å². The molecule has 2 amide bonds. The number of benzene rings is 1. The highest BCUT2D eigenvalue weighted by atomic mass is 35.5. The molecule has 21 heavy (non-hydrogen) atoms. The molecule has 0 saturated heterocycles. The lowest BCUT2D eigenvalue weighted by Gasteiger charge is -2.14. The second-order valence-electron chi connectivity index (χ2n) is 5.28. The number of nitrogens with one attached hydrogen (secondary N) is 2. The number of carbonyl (C=O) groups is 2. The highest BCUT2D eigenvalue weighted by Gasteiger charge is 2.13. The van der Waals surface area contributed by atoms with Crippen LogP contribution in [-0.4, -0.2) is 24.4 Å². The number of aryl methyl sites for hydroxylation is 1. The van der Waals surface area contributed by atoms with Gasteiger partial charge >= 0.3 is 0 Å². The van der Waals surface area contributed by atoms with E-state index in [9.17, 15) is 9.59 Å². The first kappa shape index (κ1) is 19.4. The van der Waals surface area contributed by atoms with Crippen molar-refractivity contribution >= 4 is 29.9 Å². The quantitative estimate of drug-likeness (QED) is 0.778. The van der Waals surface area contributed by atoms with E-state index in [0.717, 1.165) is 5.56 Å². The van der Waals surface area contributed by atoms with E-state index in [-0.39, 0.29) is 36.2 Å². The first-order chi connectivity index (χ1) is 9.35. The minimum Gasteiger partial charge on any atom is -0.350 e. The Morgan fingerprint density at radius 1 is 1.24 bits per heavy atom. The molecular formula is C15H24ClN3O2. The lowest BCUT2D eigenvalue weighted by atomic mass is 10.1. The second kappa shape index (κ2) is 8.64. The van der Waals surface area contributed by atoms with Crippen LogP contribution < -0.4 is 16.4 Å². The number of hydrogen-bond acceptors (Lipinski definition) is 3. The first-order valence-electron chi connectivity index (χ1n) is 6.77. The molecule has 4 N–H and O–H groups in total. The molecule has 0 spiro atoms. The lowest BCUT2D eigenvalue weighted by Crippen LogP contribution is -2.30. The van der Waals surface area contributed by atoms with E-state index in [2.05, 4.69) is 10.6 Å². The fraction of sp³-hybridized carbons (Fsp3) is 0.467. The molecule has 118 valence electrons. The summed E-state index contributed by atoms with van der Waals surface area (Å²) in [5, 5.41) is 5.65. The number of hydrogen-bond donors (Lipinski definition) is 3. The van der Waals surface area contributed by atoms with Crippen LogP contribution in [0.3, 0.4) is 0 Å². The third-order valence-electron chi connectivity index (χ3n) is 2.97. The molecule has 1 aromatic carbocycles. The van der Waals surface area contributed by atoms with Gasteiger partial charge in [0.2, 0.25) is 5.91 Å². The average molecular weight is 314 g/mol. The molecule has 0 bridgehead atoms. The van der Waals surface area contributed by atoms with Gasteiger partial charge in [0.1, 0.15) is 0 Å². The Morgan fingerprint density at radius 3 is 2.33 bits per heavy atom. The summed E-state index contributed by atoms with van der Waals surface area (Å²) in [6.45, 7) is 7.75. The summed E-state index contributed by atoms with van der Waals surface area (Å²) in [5.74, 6) is -0.468. The van der Waals surface area contributed by atoms with Gasteiger partial charge in [-0.05, 0) is 44.5 Å². The molecule has 0 saturated carbocycles. The molecule has 1 rings (SSSR count). The molecule has 1 aromatic rings. The van der Waals surface area contributed by atoms with E-state index in [1.807, 2.05) is 20.8 Å². The largest absolute Gasteiger partial charge is 0.350 e. The number of nitrogens with two attached hydrogens (primary N) is 1. The van der Waals surface area contributed by atoms with Crippen LogP contribution in [0.5, 0.6) is 0 Å². The van der Waals surface area contributed by atoms with E-state index in [0.29, 0.717) is 17.8 Å². The van der Waals surface area contributed by atoms with E-state index < -0.39 is 0 Å². The summed E-state index contributed by atoms with van der Waals surface area (Å²) >= 11 is 0. The Balaban J connectivity index is 0.00000400. The number of anilines is 1. The molecule has 0 aromatic heterocycles. The Morgan fingerprint density at radius 2 is 1.86 bits per heavy atom. The van der Waals surface area contributed by atoms with Crippen LogP contribution in [0.15, 0.2) is 18.2 Å². The normalized spacial score (nSPS) is 11.5. The van der Waals surface area contributed by atoms with Crippen LogP contribution in [0.1, 0.15) is 36.7 Å². The van der Waals surface area contributed by atoms with Crippen LogP contribution in [0, 0.1) is 12.8 Å². The SMILES string of the molecule is Cc1cc(C(=O)NC(C)C)ccc1NC(=O)C(C)CN.Cl. The molecule has 0 fully saturated rings. The maximum atomic E-state index is 11.9. The van der Waals surface area contributed by atoms with E-state index in [1.165, 1.54) is 0 Å². The van der Waals surface area contributed by atoms with Gasteiger partial charge in [0.15, 0.2) is 0 Å². The van der Waals surface area contributed by atoms with Crippen molar-refractivity contribution in [2.75, 3.05) is 11.9 Å². The number of halogens is 1. The monoisotopic (exact) mass is 313 g/mol. The Hall–Kier alpha value is -1.59. The van der Waals surface area contributed by atoms with Gasteiger partial charge in [-0.2, -0.15) is 0 Å². The fourth-order valence-corrected chi connectivity index (χ4v) is 1.65. The molecule has 1 unspecified atom stereocenters. The highest BCUT2D eigenvalue weighted by molar-refractivity contribution is 5.97. The van der Waals surface area contributed by atoms with Gasteiger partial charge in [-0.15, -0.1) is 12.4 Å². The van der Waals surface area contributed by atoms with Crippen molar-refractivity contribution in [1.82, 2.24) is 5.32 Å². The van der Waals surface area contributed by atoms with Gasteiger partial charge < -0.3 is 16.4 Å². The fourth-order valence-electron chi connectivity index (χ4n) is 1.65. The standard InChI is InChI=1S/C15H23N3O2.ClH/c1-9(2)17-15(20)12-5-6-13(10(3)7-12)18-14(19)11(4)8-16;/h5-7,9,11H,8,16H2,1-4H3,(H,17,20)(H,18,19);1H. The summed E-state index contributed by atoms with van der Waals surface area (Å²) < 4.78 is 0. The highest BCUT2D eigenvalue weighted by Crippen LogP contribution is 2.17. The first-order valence-corrected chi connectivity index (χ1v) is 6.77. The summed E-state index contributed by atoms with van der Waals surface area (Å²) in [7, 11) is 0.